The molecule has 0 saturated carbocycles. The Hall–Kier alpha value is 1.01. The summed E-state index contributed by atoms with van der Waals surface area (Å²) < 4.78 is 0. The molecule has 0 aliphatic carbocycles. The monoisotopic (exact) mass is 283 g/mol. The summed E-state index contributed by atoms with van der Waals surface area (Å²) >= 11 is 0. The van der Waals surface area contributed by atoms with E-state index in [9.17, 15) is 5.11 Å². The molecule has 0 radical (unpaired) electrons. The molecular formula is C8H17CeNO. The van der Waals surface area contributed by atoms with Gasteiger partial charge < -0.3 is 5.11 Å². The van der Waals surface area contributed by atoms with E-state index < -0.39 is 5.60 Å². The van der Waals surface area contributed by atoms with Gasteiger partial charge in [-0.2, -0.15) is 0 Å². The van der Waals surface area contributed by atoms with Crippen LogP contribution in [0, 0.1) is 41.7 Å². The standard InChI is InChI=1S/C8H17NO.Ce/c1-5-8(10,6-2)7(3)9-4;/h10H,5-6H2,1-4H3;. The van der Waals surface area contributed by atoms with Crippen molar-refractivity contribution in [1.29, 1.82) is 0 Å². The first kappa shape index (κ1) is 14.5. The van der Waals surface area contributed by atoms with Crippen LogP contribution in [0.3, 0.4) is 0 Å². The van der Waals surface area contributed by atoms with Crippen LogP contribution in [0.4, 0.5) is 0 Å². The molecule has 0 heterocycles. The maximum absolute atomic E-state index is 9.77. The molecule has 0 saturated heterocycles. The van der Waals surface area contributed by atoms with Crippen LogP contribution in [0.1, 0.15) is 33.6 Å². The summed E-state index contributed by atoms with van der Waals surface area (Å²) in [5.41, 5.74) is 0.173. The zero-order valence-electron chi connectivity index (χ0n) is 7.81. The fourth-order valence-electron chi connectivity index (χ4n) is 0.970. The van der Waals surface area contributed by atoms with Gasteiger partial charge in [0, 0.05) is 54.5 Å². The van der Waals surface area contributed by atoms with Crippen molar-refractivity contribution >= 4 is 5.71 Å². The largest absolute Gasteiger partial charge is 0.384 e. The molecule has 0 aromatic rings. The van der Waals surface area contributed by atoms with E-state index >= 15 is 0 Å². The molecule has 64 valence electrons. The van der Waals surface area contributed by atoms with Crippen LogP contribution in [0.2, 0.25) is 0 Å². The Morgan fingerprint density at radius 2 is 1.73 bits per heavy atom. The molecule has 0 aliphatic heterocycles. The molecule has 11 heavy (non-hydrogen) atoms. The molecule has 0 rings (SSSR count). The van der Waals surface area contributed by atoms with Crippen molar-refractivity contribution in [3.63, 3.8) is 0 Å². The summed E-state index contributed by atoms with van der Waals surface area (Å²) in [6.07, 6.45) is 1.49. The van der Waals surface area contributed by atoms with E-state index in [-0.39, 0.29) is 41.7 Å². The SMILES string of the molecule is CCC(O)(CC)C(C)=NC.[Ce]. The van der Waals surface area contributed by atoms with Crippen molar-refractivity contribution in [2.45, 2.75) is 39.2 Å². The zero-order valence-corrected chi connectivity index (χ0v) is 10.9. The maximum atomic E-state index is 9.77. The topological polar surface area (TPSA) is 32.6 Å². The van der Waals surface area contributed by atoms with Crippen molar-refractivity contribution in [2.24, 2.45) is 4.99 Å². The van der Waals surface area contributed by atoms with Crippen LogP contribution in [0.5, 0.6) is 0 Å². The van der Waals surface area contributed by atoms with Gasteiger partial charge in [-0.25, -0.2) is 0 Å². The number of aliphatic imine (C=N–C) groups is 1. The summed E-state index contributed by atoms with van der Waals surface area (Å²) in [6, 6.07) is 0. The van der Waals surface area contributed by atoms with Crippen LogP contribution in [-0.2, 0) is 0 Å². The molecule has 0 amide bonds. The van der Waals surface area contributed by atoms with E-state index in [1.807, 2.05) is 20.8 Å². The molecule has 1 N–H and O–H groups in total. The molecule has 0 spiro atoms. The van der Waals surface area contributed by atoms with E-state index in [1.165, 1.54) is 0 Å². The quantitative estimate of drug-likeness (QED) is 0.785. The number of hydrogen-bond donors (Lipinski definition) is 1. The minimum absolute atomic E-state index is 0. The fourth-order valence-corrected chi connectivity index (χ4v) is 0.970. The minimum atomic E-state index is -0.658. The normalized spacial score (nSPS) is 12.6. The second-order valence-electron chi connectivity index (χ2n) is 2.55. The fraction of sp³-hybridized carbons (Fsp3) is 0.875. The van der Waals surface area contributed by atoms with Crippen molar-refractivity contribution < 1.29 is 46.9 Å². The van der Waals surface area contributed by atoms with Gasteiger partial charge in [0.05, 0.1) is 0 Å². The summed E-state index contributed by atoms with van der Waals surface area (Å²) in [6.45, 7) is 5.81. The van der Waals surface area contributed by atoms with E-state index in [4.69, 9.17) is 0 Å². The van der Waals surface area contributed by atoms with E-state index in [1.54, 1.807) is 7.05 Å². The Balaban J connectivity index is 0. The van der Waals surface area contributed by atoms with Crippen molar-refractivity contribution in [2.75, 3.05) is 7.05 Å². The van der Waals surface area contributed by atoms with E-state index in [0.29, 0.717) is 0 Å². The molecule has 0 unspecified atom stereocenters. The minimum Gasteiger partial charge on any atom is -0.384 e. The predicted octanol–water partition coefficient (Wildman–Crippen LogP) is 1.63. The molecule has 3 heteroatoms. The smallest absolute Gasteiger partial charge is 0.101 e. The van der Waals surface area contributed by atoms with Gasteiger partial charge in [0.15, 0.2) is 0 Å². The van der Waals surface area contributed by atoms with Crippen molar-refractivity contribution in [3.05, 3.63) is 0 Å². The summed E-state index contributed by atoms with van der Waals surface area (Å²) in [7, 11) is 1.71. The van der Waals surface area contributed by atoms with Crippen molar-refractivity contribution in [3.8, 4) is 0 Å². The number of aliphatic hydroxyl groups is 1. The molecule has 0 aliphatic rings. The van der Waals surface area contributed by atoms with Gasteiger partial charge >= 0.3 is 0 Å². The Kier molecular flexibility index (Phi) is 8.60. The maximum Gasteiger partial charge on any atom is 0.101 e. The van der Waals surface area contributed by atoms with Crippen LogP contribution < -0.4 is 0 Å². The number of rotatable bonds is 3. The van der Waals surface area contributed by atoms with Crippen molar-refractivity contribution in [1.82, 2.24) is 0 Å². The summed E-state index contributed by atoms with van der Waals surface area (Å²) in [4.78, 5) is 3.97. The second-order valence-corrected chi connectivity index (χ2v) is 2.55. The van der Waals surface area contributed by atoms with E-state index in [0.717, 1.165) is 18.6 Å². The Labute approximate surface area is 103 Å². The third kappa shape index (κ3) is 3.96. The number of hydrogen-bond acceptors (Lipinski definition) is 2. The Morgan fingerprint density at radius 3 is 1.82 bits per heavy atom. The molecule has 0 aromatic heterocycles. The van der Waals surface area contributed by atoms with Gasteiger partial charge in [-0.3, -0.25) is 4.99 Å². The van der Waals surface area contributed by atoms with E-state index in [2.05, 4.69) is 4.99 Å². The first-order valence-corrected chi connectivity index (χ1v) is 3.77. The van der Waals surface area contributed by atoms with Crippen LogP contribution in [0.25, 0.3) is 0 Å². The first-order chi connectivity index (χ1) is 4.60. The molecule has 0 aromatic carbocycles. The van der Waals surface area contributed by atoms with Gasteiger partial charge in [0.1, 0.15) is 5.60 Å². The zero-order chi connectivity index (χ0) is 8.20. The van der Waals surface area contributed by atoms with Crippen LogP contribution >= 0.6 is 0 Å². The molecule has 2 nitrogen and oxygen atoms in total. The molecule has 0 bridgehead atoms. The van der Waals surface area contributed by atoms with Gasteiger partial charge in [0.2, 0.25) is 0 Å². The Bertz CT molecular complexity index is 130. The third-order valence-corrected chi connectivity index (χ3v) is 2.18. The third-order valence-electron chi connectivity index (χ3n) is 2.18. The van der Waals surface area contributed by atoms with Gasteiger partial charge in [-0.1, -0.05) is 13.8 Å². The molecule has 0 fully saturated rings. The average molecular weight is 283 g/mol. The average Bonchev–Trinajstić information content (AvgIpc) is 2.01. The summed E-state index contributed by atoms with van der Waals surface area (Å²) in [5.74, 6) is 0. The second kappa shape index (κ2) is 6.51. The van der Waals surface area contributed by atoms with Gasteiger partial charge in [-0.15, -0.1) is 0 Å². The Morgan fingerprint density at radius 1 is 1.36 bits per heavy atom. The van der Waals surface area contributed by atoms with Crippen LogP contribution in [-0.4, -0.2) is 23.5 Å². The first-order valence-electron chi connectivity index (χ1n) is 3.77. The molecular weight excluding hydrogens is 266 g/mol. The molecule has 0 atom stereocenters. The van der Waals surface area contributed by atoms with Crippen LogP contribution in [0.15, 0.2) is 4.99 Å². The summed E-state index contributed by atoms with van der Waals surface area (Å²) in [5, 5.41) is 9.77. The number of nitrogens with zero attached hydrogens (tertiary/aromatic N) is 1. The predicted molar refractivity (Wildman–Crippen MR) is 44.6 cm³/mol. The van der Waals surface area contributed by atoms with Gasteiger partial charge in [0.25, 0.3) is 0 Å². The van der Waals surface area contributed by atoms with Gasteiger partial charge in [-0.05, 0) is 19.8 Å².